The predicted molar refractivity (Wildman–Crippen MR) is 62.6 cm³/mol. The van der Waals surface area contributed by atoms with Crippen LogP contribution in [-0.4, -0.2) is 29.4 Å². The first kappa shape index (κ1) is 11.2. The van der Waals surface area contributed by atoms with Gasteiger partial charge in [-0.1, -0.05) is 18.2 Å². The highest BCUT2D eigenvalue weighted by molar-refractivity contribution is 6.31. The van der Waals surface area contributed by atoms with Gasteiger partial charge in [-0.25, -0.2) is 9.37 Å². The van der Waals surface area contributed by atoms with Crippen molar-refractivity contribution in [2.75, 3.05) is 18.0 Å². The fraction of sp³-hybridized carbons (Fsp3) is 0.364. The largest absolute Gasteiger partial charge is 0.508 e. The second kappa shape index (κ2) is 4.29. The van der Waals surface area contributed by atoms with E-state index in [2.05, 4.69) is 11.6 Å². The SMILES string of the molecule is C=C(O)c1ccc(N2CC[C@H](F)C2)nc1Cl. The molecule has 1 N–H and O–H groups in total. The van der Waals surface area contributed by atoms with Gasteiger partial charge in [-0.15, -0.1) is 0 Å². The molecule has 1 aliphatic heterocycles. The summed E-state index contributed by atoms with van der Waals surface area (Å²) in [5.74, 6) is 0.518. The summed E-state index contributed by atoms with van der Waals surface area (Å²) in [5, 5.41) is 9.40. The highest BCUT2D eigenvalue weighted by atomic mass is 35.5. The van der Waals surface area contributed by atoms with Gasteiger partial charge in [0, 0.05) is 6.54 Å². The van der Waals surface area contributed by atoms with Crippen LogP contribution < -0.4 is 4.90 Å². The molecule has 2 heterocycles. The normalized spacial score (nSPS) is 20.1. The third-order valence-electron chi connectivity index (χ3n) is 2.60. The first-order valence-corrected chi connectivity index (χ1v) is 5.39. The third-order valence-corrected chi connectivity index (χ3v) is 2.89. The molecule has 1 aliphatic rings. The van der Waals surface area contributed by atoms with Crippen molar-refractivity contribution >= 4 is 23.2 Å². The van der Waals surface area contributed by atoms with E-state index in [9.17, 15) is 9.50 Å². The molecule has 2 rings (SSSR count). The summed E-state index contributed by atoms with van der Waals surface area (Å²) < 4.78 is 13.0. The topological polar surface area (TPSA) is 36.4 Å². The number of aromatic nitrogens is 1. The Balaban J connectivity index is 2.24. The van der Waals surface area contributed by atoms with Gasteiger partial charge in [0.15, 0.2) is 0 Å². The molecule has 0 bridgehead atoms. The van der Waals surface area contributed by atoms with Crippen molar-refractivity contribution in [1.29, 1.82) is 0 Å². The number of hydrogen-bond donors (Lipinski definition) is 1. The molecule has 0 radical (unpaired) electrons. The smallest absolute Gasteiger partial charge is 0.142 e. The number of nitrogens with zero attached hydrogens (tertiary/aromatic N) is 2. The second-order valence-corrected chi connectivity index (χ2v) is 4.14. The van der Waals surface area contributed by atoms with Gasteiger partial charge in [-0.05, 0) is 18.6 Å². The molecule has 1 fully saturated rings. The maximum absolute atomic E-state index is 13.0. The van der Waals surface area contributed by atoms with E-state index in [1.165, 1.54) is 0 Å². The van der Waals surface area contributed by atoms with Crippen LogP contribution in [0.1, 0.15) is 12.0 Å². The molecule has 3 nitrogen and oxygen atoms in total. The lowest BCUT2D eigenvalue weighted by Crippen LogP contribution is -2.21. The van der Waals surface area contributed by atoms with Crippen LogP contribution in [0, 0.1) is 0 Å². The zero-order valence-corrected chi connectivity index (χ0v) is 9.41. The van der Waals surface area contributed by atoms with Crippen LogP contribution >= 0.6 is 11.6 Å². The lowest BCUT2D eigenvalue weighted by atomic mass is 10.2. The Morgan fingerprint density at radius 3 is 2.88 bits per heavy atom. The summed E-state index contributed by atoms with van der Waals surface area (Å²) in [6.45, 7) is 4.38. The zero-order chi connectivity index (χ0) is 11.7. The number of pyridine rings is 1. The minimum Gasteiger partial charge on any atom is -0.508 e. The van der Waals surface area contributed by atoms with Crippen LogP contribution in [0.2, 0.25) is 5.15 Å². The molecule has 0 aliphatic carbocycles. The van der Waals surface area contributed by atoms with Crippen molar-refractivity contribution in [2.24, 2.45) is 0 Å². The second-order valence-electron chi connectivity index (χ2n) is 3.79. The predicted octanol–water partition coefficient (Wildman–Crippen LogP) is 2.81. The monoisotopic (exact) mass is 242 g/mol. The first-order valence-electron chi connectivity index (χ1n) is 5.01. The van der Waals surface area contributed by atoms with Crippen molar-refractivity contribution in [3.63, 3.8) is 0 Å². The Morgan fingerprint density at radius 2 is 2.38 bits per heavy atom. The van der Waals surface area contributed by atoms with Crippen LogP contribution in [0.4, 0.5) is 10.2 Å². The van der Waals surface area contributed by atoms with Crippen LogP contribution in [0.15, 0.2) is 18.7 Å². The van der Waals surface area contributed by atoms with Crippen molar-refractivity contribution in [2.45, 2.75) is 12.6 Å². The number of alkyl halides is 1. The maximum atomic E-state index is 13.0. The van der Waals surface area contributed by atoms with Gasteiger partial charge in [-0.2, -0.15) is 0 Å². The molecule has 0 aromatic carbocycles. The zero-order valence-electron chi connectivity index (χ0n) is 8.66. The van der Waals surface area contributed by atoms with E-state index in [-0.39, 0.29) is 10.9 Å². The molecular weight excluding hydrogens is 231 g/mol. The van der Waals surface area contributed by atoms with Crippen LogP contribution in [0.25, 0.3) is 5.76 Å². The van der Waals surface area contributed by atoms with E-state index < -0.39 is 6.17 Å². The highest BCUT2D eigenvalue weighted by Crippen LogP contribution is 2.25. The number of aliphatic hydroxyl groups is 1. The fourth-order valence-corrected chi connectivity index (χ4v) is 2.00. The standard InChI is InChI=1S/C11H12ClFN2O/c1-7(16)9-2-3-10(14-11(9)12)15-5-4-8(13)6-15/h2-3,8,16H,1,4-6H2/t8-/m0/s1. The van der Waals surface area contributed by atoms with Crippen molar-refractivity contribution in [3.05, 3.63) is 29.4 Å². The molecule has 5 heteroatoms. The fourth-order valence-electron chi connectivity index (χ4n) is 1.74. The Morgan fingerprint density at radius 1 is 1.62 bits per heavy atom. The first-order chi connectivity index (χ1) is 7.58. The van der Waals surface area contributed by atoms with Gasteiger partial charge in [0.1, 0.15) is 22.9 Å². The minimum atomic E-state index is -0.798. The van der Waals surface area contributed by atoms with Gasteiger partial charge in [0.05, 0.1) is 12.1 Å². The van der Waals surface area contributed by atoms with Crippen molar-refractivity contribution in [3.8, 4) is 0 Å². The van der Waals surface area contributed by atoms with Gasteiger partial charge >= 0.3 is 0 Å². The summed E-state index contributed by atoms with van der Waals surface area (Å²) in [4.78, 5) is 5.95. The van der Waals surface area contributed by atoms with Crippen molar-refractivity contribution < 1.29 is 9.50 Å². The molecule has 1 atom stereocenters. The van der Waals surface area contributed by atoms with Crippen LogP contribution in [0.5, 0.6) is 0 Å². The van der Waals surface area contributed by atoms with E-state index in [0.717, 1.165) is 0 Å². The molecule has 16 heavy (non-hydrogen) atoms. The quantitative estimate of drug-likeness (QED) is 0.640. The summed E-state index contributed by atoms with van der Waals surface area (Å²) in [7, 11) is 0. The number of rotatable bonds is 2. The number of anilines is 1. The molecule has 1 aromatic rings. The van der Waals surface area contributed by atoms with E-state index >= 15 is 0 Å². The summed E-state index contributed by atoms with van der Waals surface area (Å²) in [5.41, 5.74) is 0.404. The van der Waals surface area contributed by atoms with E-state index in [4.69, 9.17) is 11.6 Å². The Kier molecular flexibility index (Phi) is 3.01. The molecule has 0 amide bonds. The van der Waals surface area contributed by atoms with E-state index in [1.54, 1.807) is 12.1 Å². The lowest BCUT2D eigenvalue weighted by Gasteiger charge is -2.16. The third kappa shape index (κ3) is 2.11. The maximum Gasteiger partial charge on any atom is 0.142 e. The summed E-state index contributed by atoms with van der Waals surface area (Å²) in [6, 6.07) is 3.35. The lowest BCUT2D eigenvalue weighted by molar-refractivity contribution is 0.364. The molecule has 0 unspecified atom stereocenters. The van der Waals surface area contributed by atoms with Gasteiger partial charge in [0.2, 0.25) is 0 Å². The summed E-state index contributed by atoms with van der Waals surface area (Å²) in [6.07, 6.45) is -0.277. The molecule has 86 valence electrons. The van der Waals surface area contributed by atoms with Gasteiger partial charge in [-0.3, -0.25) is 0 Å². The average Bonchev–Trinajstić information content (AvgIpc) is 2.64. The van der Waals surface area contributed by atoms with Crippen LogP contribution in [0.3, 0.4) is 0 Å². The average molecular weight is 243 g/mol. The number of halogens is 2. The Bertz CT molecular complexity index is 424. The minimum absolute atomic E-state index is 0.117. The van der Waals surface area contributed by atoms with Crippen molar-refractivity contribution in [1.82, 2.24) is 4.98 Å². The van der Waals surface area contributed by atoms with E-state index in [1.807, 2.05) is 4.90 Å². The molecule has 0 saturated carbocycles. The molecular formula is C11H12ClFN2O. The number of aliphatic hydroxyl groups excluding tert-OH is 1. The molecule has 0 spiro atoms. The van der Waals surface area contributed by atoms with Crippen LogP contribution in [-0.2, 0) is 0 Å². The number of hydrogen-bond acceptors (Lipinski definition) is 3. The van der Waals surface area contributed by atoms with Gasteiger partial charge in [0.25, 0.3) is 0 Å². The Labute approximate surface area is 98.2 Å². The van der Waals surface area contributed by atoms with E-state index in [0.29, 0.717) is 30.9 Å². The highest BCUT2D eigenvalue weighted by Gasteiger charge is 2.23. The Hall–Kier alpha value is -1.29. The molecule has 1 aromatic heterocycles. The molecule has 1 saturated heterocycles. The van der Waals surface area contributed by atoms with Gasteiger partial charge < -0.3 is 10.0 Å². The summed E-state index contributed by atoms with van der Waals surface area (Å²) >= 11 is 5.89.